The molecule has 140 valence electrons. The molecule has 0 atom stereocenters. The van der Waals surface area contributed by atoms with E-state index >= 15 is 0 Å². The number of aromatic nitrogens is 3. The van der Waals surface area contributed by atoms with Gasteiger partial charge >= 0.3 is 0 Å². The Bertz CT molecular complexity index is 927. The molecule has 1 aromatic heterocycles. The summed E-state index contributed by atoms with van der Waals surface area (Å²) < 4.78 is 0. The molecule has 0 saturated heterocycles. The molecule has 2 N–H and O–H groups in total. The van der Waals surface area contributed by atoms with Gasteiger partial charge in [-0.3, -0.25) is 4.79 Å². The van der Waals surface area contributed by atoms with Crippen LogP contribution in [0.5, 0.6) is 0 Å². The van der Waals surface area contributed by atoms with E-state index < -0.39 is 0 Å². The first-order chi connectivity index (χ1) is 13.0. The summed E-state index contributed by atoms with van der Waals surface area (Å²) in [6.45, 7) is 1.43. The van der Waals surface area contributed by atoms with Crippen LogP contribution in [0.4, 0.5) is 11.6 Å². The third kappa shape index (κ3) is 5.11. The van der Waals surface area contributed by atoms with Gasteiger partial charge in [-0.05, 0) is 42.7 Å². The van der Waals surface area contributed by atoms with Crippen molar-refractivity contribution in [2.75, 3.05) is 32.5 Å². The Kier molecular flexibility index (Phi) is 5.77. The number of rotatable bonds is 7. The SMILES string of the molecule is CN(C)CCNC(=O)Cc1ccc(Nc2nc3ccccc3[n+]([O-])n2)cc1. The number of hydrogen-bond acceptors (Lipinski definition) is 6. The maximum Gasteiger partial charge on any atom is 0.295 e. The van der Waals surface area contributed by atoms with Crippen molar-refractivity contribution in [2.24, 2.45) is 0 Å². The monoisotopic (exact) mass is 366 g/mol. The van der Waals surface area contributed by atoms with Gasteiger partial charge < -0.3 is 20.7 Å². The van der Waals surface area contributed by atoms with Gasteiger partial charge in [-0.2, -0.15) is 0 Å². The fourth-order valence-electron chi connectivity index (χ4n) is 2.55. The topological polar surface area (TPSA) is 97.1 Å². The van der Waals surface area contributed by atoms with Gasteiger partial charge in [0.25, 0.3) is 11.5 Å². The molecular formula is C19H22N6O2. The third-order valence-corrected chi connectivity index (χ3v) is 3.96. The molecule has 1 amide bonds. The summed E-state index contributed by atoms with van der Waals surface area (Å²) in [7, 11) is 3.93. The van der Waals surface area contributed by atoms with Gasteiger partial charge in [-0.15, -0.1) is 0 Å². The summed E-state index contributed by atoms with van der Waals surface area (Å²) in [4.78, 5) is 18.8. The number of anilines is 2. The molecule has 8 heteroatoms. The number of carbonyl (C=O) groups is 1. The van der Waals surface area contributed by atoms with Gasteiger partial charge in [0, 0.05) is 24.8 Å². The molecule has 0 radical (unpaired) electrons. The molecule has 0 unspecified atom stereocenters. The number of amides is 1. The molecule has 0 aliphatic carbocycles. The molecule has 0 aliphatic rings. The zero-order chi connectivity index (χ0) is 19.2. The summed E-state index contributed by atoms with van der Waals surface area (Å²) >= 11 is 0. The van der Waals surface area contributed by atoms with Crippen LogP contribution in [0.15, 0.2) is 48.5 Å². The number of nitrogens with zero attached hydrogens (tertiary/aromatic N) is 4. The molecule has 3 aromatic rings. The minimum atomic E-state index is -0.0113. The van der Waals surface area contributed by atoms with E-state index in [2.05, 4.69) is 20.7 Å². The molecule has 0 spiro atoms. The highest BCUT2D eigenvalue weighted by Crippen LogP contribution is 2.15. The van der Waals surface area contributed by atoms with Gasteiger partial charge in [0.2, 0.25) is 5.91 Å². The van der Waals surface area contributed by atoms with E-state index in [0.717, 1.165) is 17.8 Å². The average molecular weight is 366 g/mol. The lowest BCUT2D eigenvalue weighted by molar-refractivity contribution is -0.641. The van der Waals surface area contributed by atoms with Crippen molar-refractivity contribution in [3.8, 4) is 0 Å². The van der Waals surface area contributed by atoms with Crippen molar-refractivity contribution in [1.82, 2.24) is 20.3 Å². The second-order valence-corrected chi connectivity index (χ2v) is 6.45. The Morgan fingerprint density at radius 3 is 2.63 bits per heavy atom. The summed E-state index contributed by atoms with van der Waals surface area (Å²) in [5.74, 6) is 0.209. The summed E-state index contributed by atoms with van der Waals surface area (Å²) in [6.07, 6.45) is 0.320. The Balaban J connectivity index is 1.61. The Hall–Kier alpha value is -3.26. The molecule has 3 rings (SSSR count). The normalized spacial score (nSPS) is 10.9. The number of likely N-dealkylation sites (N-methyl/N-ethyl adjacent to an activating group) is 1. The van der Waals surface area contributed by atoms with Crippen molar-refractivity contribution >= 4 is 28.6 Å². The van der Waals surface area contributed by atoms with E-state index in [1.54, 1.807) is 18.2 Å². The maximum absolute atomic E-state index is 12.0. The fraction of sp³-hybridized carbons (Fsp3) is 0.263. The lowest BCUT2D eigenvalue weighted by Crippen LogP contribution is -2.33. The van der Waals surface area contributed by atoms with Crippen molar-refractivity contribution in [3.63, 3.8) is 0 Å². The van der Waals surface area contributed by atoms with E-state index in [9.17, 15) is 10.0 Å². The first-order valence-electron chi connectivity index (χ1n) is 8.65. The molecule has 27 heavy (non-hydrogen) atoms. The van der Waals surface area contributed by atoms with Crippen LogP contribution >= 0.6 is 0 Å². The molecule has 1 heterocycles. The average Bonchev–Trinajstić information content (AvgIpc) is 2.63. The number of benzene rings is 2. The van der Waals surface area contributed by atoms with E-state index in [1.807, 2.05) is 49.3 Å². The number of fused-ring (bicyclic) bond motifs is 1. The zero-order valence-corrected chi connectivity index (χ0v) is 15.3. The van der Waals surface area contributed by atoms with Gasteiger partial charge in [-0.25, -0.2) is 4.98 Å². The molecular weight excluding hydrogens is 344 g/mol. The molecule has 0 saturated carbocycles. The van der Waals surface area contributed by atoms with E-state index in [4.69, 9.17) is 0 Å². The second-order valence-electron chi connectivity index (χ2n) is 6.45. The minimum Gasteiger partial charge on any atom is -0.594 e. The van der Waals surface area contributed by atoms with Gasteiger partial charge in [0.15, 0.2) is 0 Å². The Morgan fingerprint density at radius 1 is 1.15 bits per heavy atom. The smallest absolute Gasteiger partial charge is 0.295 e. The molecule has 0 bridgehead atoms. The van der Waals surface area contributed by atoms with Gasteiger partial charge in [0.05, 0.1) is 11.5 Å². The standard InChI is InChI=1S/C19H22N6O2/c1-24(2)12-11-20-18(26)13-14-7-9-15(10-8-14)21-19-22-16-5-3-4-6-17(16)25(27)23-19/h3-10H,11-13H2,1-2H3,(H,20,26)(H,21,22,23). The number of para-hydroxylation sites is 2. The largest absolute Gasteiger partial charge is 0.594 e. The number of carbonyl (C=O) groups excluding carboxylic acids is 1. The second kappa shape index (κ2) is 8.41. The Morgan fingerprint density at radius 2 is 1.89 bits per heavy atom. The molecule has 0 fully saturated rings. The minimum absolute atomic E-state index is 0.0113. The van der Waals surface area contributed by atoms with Crippen molar-refractivity contribution in [1.29, 1.82) is 0 Å². The highest BCUT2D eigenvalue weighted by molar-refractivity contribution is 5.78. The van der Waals surface area contributed by atoms with Crippen molar-refractivity contribution in [2.45, 2.75) is 6.42 Å². The molecule has 2 aromatic carbocycles. The highest BCUT2D eigenvalue weighted by atomic mass is 16.5. The fourth-order valence-corrected chi connectivity index (χ4v) is 2.55. The van der Waals surface area contributed by atoms with Crippen molar-refractivity contribution < 1.29 is 9.64 Å². The number of hydrogen-bond donors (Lipinski definition) is 2. The predicted molar refractivity (Wildman–Crippen MR) is 103 cm³/mol. The zero-order valence-electron chi connectivity index (χ0n) is 15.3. The van der Waals surface area contributed by atoms with Crippen LogP contribution in [0.2, 0.25) is 0 Å². The van der Waals surface area contributed by atoms with E-state index in [-0.39, 0.29) is 11.9 Å². The van der Waals surface area contributed by atoms with E-state index in [1.165, 1.54) is 0 Å². The van der Waals surface area contributed by atoms with Crippen LogP contribution in [0, 0.1) is 5.21 Å². The first kappa shape index (κ1) is 18.5. The third-order valence-electron chi connectivity index (χ3n) is 3.96. The maximum atomic E-state index is 12.0. The predicted octanol–water partition coefficient (Wildman–Crippen LogP) is 1.23. The lowest BCUT2D eigenvalue weighted by atomic mass is 10.1. The summed E-state index contributed by atoms with van der Waals surface area (Å²) in [5.41, 5.74) is 2.62. The number of nitrogens with one attached hydrogen (secondary N) is 2. The molecule has 8 nitrogen and oxygen atoms in total. The van der Waals surface area contributed by atoms with E-state index in [0.29, 0.717) is 28.8 Å². The summed E-state index contributed by atoms with van der Waals surface area (Å²) in [6, 6.07) is 14.4. The van der Waals surface area contributed by atoms with Crippen LogP contribution in [0.1, 0.15) is 5.56 Å². The van der Waals surface area contributed by atoms with Crippen LogP contribution in [-0.4, -0.2) is 48.1 Å². The van der Waals surface area contributed by atoms with Crippen molar-refractivity contribution in [3.05, 3.63) is 59.3 Å². The van der Waals surface area contributed by atoms with Crippen LogP contribution in [0.25, 0.3) is 11.0 Å². The van der Waals surface area contributed by atoms with Crippen LogP contribution < -0.4 is 15.5 Å². The highest BCUT2D eigenvalue weighted by Gasteiger charge is 2.10. The van der Waals surface area contributed by atoms with Gasteiger partial charge in [0.1, 0.15) is 5.52 Å². The quantitative estimate of drug-likeness (QED) is 0.482. The van der Waals surface area contributed by atoms with Crippen LogP contribution in [0.3, 0.4) is 0 Å². The van der Waals surface area contributed by atoms with Crippen LogP contribution in [-0.2, 0) is 11.2 Å². The molecule has 0 aliphatic heterocycles. The first-order valence-corrected chi connectivity index (χ1v) is 8.65. The van der Waals surface area contributed by atoms with Gasteiger partial charge in [-0.1, -0.05) is 24.3 Å². The Labute approximate surface area is 157 Å². The summed E-state index contributed by atoms with van der Waals surface area (Å²) in [5, 5.41) is 21.8. The lowest BCUT2D eigenvalue weighted by Gasteiger charge is -2.10.